The molecule has 0 spiro atoms. The average molecular weight is 341 g/mol. The Morgan fingerprint density at radius 3 is 2.31 bits per heavy atom. The van der Waals surface area contributed by atoms with E-state index in [2.05, 4.69) is 40.2 Å². The molecule has 3 heteroatoms. The van der Waals surface area contributed by atoms with E-state index in [0.29, 0.717) is 0 Å². The van der Waals surface area contributed by atoms with Crippen molar-refractivity contribution in [3.05, 3.63) is 103 Å². The molecule has 128 valence electrons. The number of aryl methyl sites for hydroxylation is 2. The third-order valence-corrected chi connectivity index (χ3v) is 4.35. The molecule has 1 N–H and O–H groups in total. The van der Waals surface area contributed by atoms with Crippen molar-refractivity contribution in [3.63, 3.8) is 0 Å². The van der Waals surface area contributed by atoms with Crippen LogP contribution in [0.3, 0.4) is 0 Å². The van der Waals surface area contributed by atoms with E-state index in [0.717, 1.165) is 35.6 Å². The summed E-state index contributed by atoms with van der Waals surface area (Å²) in [6, 6.07) is 28.8. The lowest BCUT2D eigenvalue weighted by Gasteiger charge is -1.99. The van der Waals surface area contributed by atoms with Gasteiger partial charge in [0.1, 0.15) is 0 Å². The van der Waals surface area contributed by atoms with Crippen molar-refractivity contribution in [3.8, 4) is 0 Å². The minimum absolute atomic E-state index is 0.838. The SMILES string of the molecule is C(=Cc1oc2ccccc2[n+]1CCc1ccccc1)Nc1ccccc1. The zero-order valence-corrected chi connectivity index (χ0v) is 14.5. The zero-order valence-electron chi connectivity index (χ0n) is 14.5. The highest BCUT2D eigenvalue weighted by molar-refractivity contribution is 5.69. The molecule has 1 aromatic heterocycles. The maximum atomic E-state index is 6.06. The van der Waals surface area contributed by atoms with E-state index in [-0.39, 0.29) is 0 Å². The number of aromatic nitrogens is 1. The highest BCUT2D eigenvalue weighted by atomic mass is 16.3. The number of benzene rings is 3. The van der Waals surface area contributed by atoms with Crippen LogP contribution in [0.15, 0.2) is 95.5 Å². The van der Waals surface area contributed by atoms with Gasteiger partial charge in [-0.25, -0.2) is 0 Å². The minimum atomic E-state index is 0.838. The number of nitrogens with one attached hydrogen (secondary N) is 1. The fourth-order valence-corrected chi connectivity index (χ4v) is 3.04. The Labute approximate surface area is 153 Å². The van der Waals surface area contributed by atoms with Gasteiger partial charge in [0, 0.05) is 24.4 Å². The van der Waals surface area contributed by atoms with Gasteiger partial charge >= 0.3 is 5.89 Å². The fourth-order valence-electron chi connectivity index (χ4n) is 3.04. The highest BCUT2D eigenvalue weighted by Crippen LogP contribution is 2.15. The molecule has 0 fully saturated rings. The molecule has 0 aliphatic heterocycles. The van der Waals surface area contributed by atoms with Crippen molar-refractivity contribution in [2.75, 3.05) is 5.32 Å². The Kier molecular flexibility index (Phi) is 4.79. The molecule has 0 saturated carbocycles. The third kappa shape index (κ3) is 3.67. The van der Waals surface area contributed by atoms with Crippen LogP contribution in [0.2, 0.25) is 0 Å². The third-order valence-electron chi connectivity index (χ3n) is 4.35. The number of fused-ring (bicyclic) bond motifs is 1. The van der Waals surface area contributed by atoms with E-state index in [4.69, 9.17) is 4.42 Å². The fraction of sp³-hybridized carbons (Fsp3) is 0.0870. The van der Waals surface area contributed by atoms with Crippen LogP contribution < -0.4 is 9.88 Å². The summed E-state index contributed by atoms with van der Waals surface area (Å²) < 4.78 is 8.29. The van der Waals surface area contributed by atoms with Crippen molar-refractivity contribution in [2.45, 2.75) is 13.0 Å². The van der Waals surface area contributed by atoms with Crippen LogP contribution >= 0.6 is 0 Å². The van der Waals surface area contributed by atoms with Gasteiger partial charge in [-0.1, -0.05) is 60.7 Å². The van der Waals surface area contributed by atoms with Crippen molar-refractivity contribution in [1.29, 1.82) is 0 Å². The Bertz CT molecular complexity index is 1000. The minimum Gasteiger partial charge on any atom is -0.398 e. The second-order valence-corrected chi connectivity index (χ2v) is 6.14. The molecule has 1 heterocycles. The first-order valence-electron chi connectivity index (χ1n) is 8.83. The molecule has 0 aliphatic rings. The monoisotopic (exact) mass is 341 g/mol. The topological polar surface area (TPSA) is 29.0 Å². The van der Waals surface area contributed by atoms with E-state index in [1.54, 1.807) is 0 Å². The molecule has 3 nitrogen and oxygen atoms in total. The van der Waals surface area contributed by atoms with Gasteiger partial charge in [-0.05, 0) is 23.8 Å². The van der Waals surface area contributed by atoms with Crippen molar-refractivity contribution in [1.82, 2.24) is 0 Å². The summed E-state index contributed by atoms with van der Waals surface area (Å²) in [5, 5.41) is 3.28. The molecule has 0 atom stereocenters. The van der Waals surface area contributed by atoms with E-state index in [9.17, 15) is 0 Å². The summed E-state index contributed by atoms with van der Waals surface area (Å²) in [5.41, 5.74) is 4.39. The molecule has 4 rings (SSSR count). The van der Waals surface area contributed by atoms with E-state index in [1.165, 1.54) is 5.56 Å². The number of oxazole rings is 1. The second kappa shape index (κ2) is 7.70. The summed E-state index contributed by atoms with van der Waals surface area (Å²) in [6.07, 6.45) is 4.87. The first-order chi connectivity index (χ1) is 12.9. The molecular weight excluding hydrogens is 320 g/mol. The second-order valence-electron chi connectivity index (χ2n) is 6.14. The lowest BCUT2D eigenvalue weighted by atomic mass is 10.1. The van der Waals surface area contributed by atoms with Crippen LogP contribution in [0, 0.1) is 0 Å². The van der Waals surface area contributed by atoms with Crippen LogP contribution in [0.5, 0.6) is 0 Å². The van der Waals surface area contributed by atoms with Crippen molar-refractivity contribution >= 4 is 22.9 Å². The van der Waals surface area contributed by atoms with Gasteiger partial charge in [0.25, 0.3) is 5.52 Å². The Hall–Kier alpha value is -3.33. The van der Waals surface area contributed by atoms with Gasteiger partial charge in [-0.2, -0.15) is 4.57 Å². The van der Waals surface area contributed by atoms with Gasteiger partial charge in [0.15, 0.2) is 6.54 Å². The predicted octanol–water partition coefficient (Wildman–Crippen LogP) is 5.05. The lowest BCUT2D eigenvalue weighted by molar-refractivity contribution is -0.677. The number of anilines is 1. The highest BCUT2D eigenvalue weighted by Gasteiger charge is 2.19. The smallest absolute Gasteiger partial charge is 0.375 e. The van der Waals surface area contributed by atoms with Crippen molar-refractivity contribution < 1.29 is 8.98 Å². The summed E-state index contributed by atoms with van der Waals surface area (Å²) >= 11 is 0. The quantitative estimate of drug-likeness (QED) is 0.498. The first kappa shape index (κ1) is 16.2. The summed E-state index contributed by atoms with van der Waals surface area (Å²) in [6.45, 7) is 0.867. The van der Waals surface area contributed by atoms with Crippen molar-refractivity contribution in [2.24, 2.45) is 0 Å². The molecule has 3 aromatic carbocycles. The Morgan fingerprint density at radius 1 is 0.808 bits per heavy atom. The van der Waals surface area contributed by atoms with Gasteiger partial charge in [-0.15, -0.1) is 0 Å². The number of nitrogens with zero attached hydrogens (tertiary/aromatic N) is 1. The predicted molar refractivity (Wildman–Crippen MR) is 106 cm³/mol. The standard InChI is InChI=1S/C23H20N2O/c1-3-9-19(10-4-1)16-18-25-21-13-7-8-14-22(21)26-23(25)15-17-24-20-11-5-2-6-12-20/h1-15,17H,16,18H2/p+1. The maximum absolute atomic E-state index is 6.06. The largest absolute Gasteiger partial charge is 0.398 e. The molecule has 0 radical (unpaired) electrons. The van der Waals surface area contributed by atoms with Crippen LogP contribution in [-0.4, -0.2) is 0 Å². The van der Waals surface area contributed by atoms with Crippen LogP contribution in [0.25, 0.3) is 17.2 Å². The normalized spacial score (nSPS) is 11.2. The molecule has 0 unspecified atom stereocenters. The molecule has 4 aromatic rings. The number of rotatable bonds is 6. The summed E-state index contributed by atoms with van der Waals surface area (Å²) in [7, 11) is 0. The van der Waals surface area contributed by atoms with Crippen LogP contribution in [-0.2, 0) is 13.0 Å². The number of hydrogen-bond acceptors (Lipinski definition) is 2. The molecule has 0 aliphatic carbocycles. The lowest BCUT2D eigenvalue weighted by Crippen LogP contribution is -2.36. The Morgan fingerprint density at radius 2 is 1.50 bits per heavy atom. The summed E-state index contributed by atoms with van der Waals surface area (Å²) in [4.78, 5) is 0. The van der Waals surface area contributed by atoms with Crippen LogP contribution in [0.1, 0.15) is 11.5 Å². The summed E-state index contributed by atoms with van der Waals surface area (Å²) in [5.74, 6) is 0.838. The molecule has 0 amide bonds. The average Bonchev–Trinajstić information content (AvgIpc) is 3.05. The van der Waals surface area contributed by atoms with Gasteiger partial charge in [0.2, 0.25) is 5.58 Å². The van der Waals surface area contributed by atoms with Gasteiger partial charge < -0.3 is 9.73 Å². The zero-order chi connectivity index (χ0) is 17.6. The first-order valence-corrected chi connectivity index (χ1v) is 8.83. The maximum Gasteiger partial charge on any atom is 0.375 e. The van der Waals surface area contributed by atoms with Gasteiger partial charge in [0.05, 0.1) is 6.08 Å². The number of hydrogen-bond donors (Lipinski definition) is 1. The number of para-hydroxylation sites is 3. The molecular formula is C23H21N2O+. The van der Waals surface area contributed by atoms with Crippen LogP contribution in [0.4, 0.5) is 5.69 Å². The van der Waals surface area contributed by atoms with E-state index in [1.807, 2.05) is 66.9 Å². The molecule has 0 saturated heterocycles. The Balaban J connectivity index is 1.59. The van der Waals surface area contributed by atoms with Gasteiger partial charge in [-0.3, -0.25) is 0 Å². The molecule has 26 heavy (non-hydrogen) atoms. The van der Waals surface area contributed by atoms with E-state index < -0.39 is 0 Å². The van der Waals surface area contributed by atoms with E-state index >= 15 is 0 Å². The molecule has 0 bridgehead atoms.